The van der Waals surface area contributed by atoms with Crippen molar-refractivity contribution in [2.24, 2.45) is 11.8 Å². The zero-order chi connectivity index (χ0) is 21.9. The van der Waals surface area contributed by atoms with Crippen molar-refractivity contribution in [2.75, 3.05) is 39.5 Å². The second-order valence-electron chi connectivity index (χ2n) is 9.20. The van der Waals surface area contributed by atoms with Crippen LogP contribution < -0.4 is 4.74 Å². The SMILES string of the molecule is CN1CC2CN([C@H]3Cc4c(Cl)cc(Cl)cc4[C@@H]3Oc3ccc(S(C)(=O)=O)cc3)CC2C1. The maximum atomic E-state index is 11.8. The van der Waals surface area contributed by atoms with E-state index >= 15 is 0 Å². The van der Waals surface area contributed by atoms with Crippen molar-refractivity contribution in [2.45, 2.75) is 23.5 Å². The number of nitrogens with zero attached hydrogens (tertiary/aromatic N) is 2. The maximum Gasteiger partial charge on any atom is 0.175 e. The van der Waals surface area contributed by atoms with E-state index in [-0.39, 0.29) is 17.0 Å². The molecule has 4 atom stereocenters. The third-order valence-corrected chi connectivity index (χ3v) is 8.63. The molecule has 3 aliphatic rings. The molecule has 2 saturated heterocycles. The molecule has 2 aromatic rings. The number of rotatable bonds is 4. The van der Waals surface area contributed by atoms with Gasteiger partial charge in [-0.3, -0.25) is 4.90 Å². The van der Waals surface area contributed by atoms with Crippen molar-refractivity contribution in [3.8, 4) is 5.75 Å². The molecule has 5 nitrogen and oxygen atoms in total. The van der Waals surface area contributed by atoms with E-state index < -0.39 is 9.84 Å². The summed E-state index contributed by atoms with van der Waals surface area (Å²) < 4.78 is 30.1. The van der Waals surface area contributed by atoms with Crippen LogP contribution in [0.3, 0.4) is 0 Å². The van der Waals surface area contributed by atoms with E-state index in [1.807, 2.05) is 6.07 Å². The van der Waals surface area contributed by atoms with Crippen molar-refractivity contribution < 1.29 is 13.2 Å². The van der Waals surface area contributed by atoms with Gasteiger partial charge in [0.25, 0.3) is 0 Å². The Hall–Kier alpha value is -1.31. The van der Waals surface area contributed by atoms with Crippen molar-refractivity contribution >= 4 is 33.0 Å². The quantitative estimate of drug-likeness (QED) is 0.663. The van der Waals surface area contributed by atoms with Crippen molar-refractivity contribution in [1.82, 2.24) is 9.80 Å². The predicted octanol–water partition coefficient (Wildman–Crippen LogP) is 3.94. The minimum atomic E-state index is -3.25. The van der Waals surface area contributed by atoms with Gasteiger partial charge in [0, 0.05) is 48.0 Å². The van der Waals surface area contributed by atoms with Gasteiger partial charge in [-0.2, -0.15) is 0 Å². The van der Waals surface area contributed by atoms with Crippen LogP contribution in [0.15, 0.2) is 41.3 Å². The van der Waals surface area contributed by atoms with Gasteiger partial charge in [-0.15, -0.1) is 0 Å². The molecule has 0 aromatic heterocycles. The van der Waals surface area contributed by atoms with Crippen LogP contribution in [0.25, 0.3) is 0 Å². The number of hydrogen-bond donors (Lipinski definition) is 0. The second kappa shape index (κ2) is 7.92. The molecule has 0 bridgehead atoms. The Balaban J connectivity index is 1.45. The molecule has 2 fully saturated rings. The number of hydrogen-bond acceptors (Lipinski definition) is 5. The Labute approximate surface area is 193 Å². The van der Waals surface area contributed by atoms with Gasteiger partial charge >= 0.3 is 0 Å². The molecular weight excluding hydrogens is 455 g/mol. The largest absolute Gasteiger partial charge is 0.484 e. The third kappa shape index (κ3) is 4.09. The first-order chi connectivity index (χ1) is 14.7. The number of sulfone groups is 1. The normalized spacial score (nSPS) is 28.6. The molecule has 0 radical (unpaired) electrons. The summed E-state index contributed by atoms with van der Waals surface area (Å²) >= 11 is 12.9. The summed E-state index contributed by atoms with van der Waals surface area (Å²) in [4.78, 5) is 5.26. The summed E-state index contributed by atoms with van der Waals surface area (Å²) in [5.74, 6) is 2.04. The van der Waals surface area contributed by atoms with Crippen LogP contribution in [0.1, 0.15) is 17.2 Å². The minimum Gasteiger partial charge on any atom is -0.484 e. The summed E-state index contributed by atoms with van der Waals surface area (Å²) in [5, 5.41) is 1.29. The highest BCUT2D eigenvalue weighted by Gasteiger charge is 2.46. The molecule has 31 heavy (non-hydrogen) atoms. The molecule has 2 aliphatic heterocycles. The molecule has 2 aromatic carbocycles. The van der Waals surface area contributed by atoms with Crippen LogP contribution in [0.5, 0.6) is 5.75 Å². The Morgan fingerprint density at radius 1 is 1.00 bits per heavy atom. The lowest BCUT2D eigenvalue weighted by Gasteiger charge is -2.31. The monoisotopic (exact) mass is 480 g/mol. The third-order valence-electron chi connectivity index (χ3n) is 6.95. The van der Waals surface area contributed by atoms with Crippen LogP contribution in [-0.4, -0.2) is 63.7 Å². The zero-order valence-corrected chi connectivity index (χ0v) is 19.9. The van der Waals surface area contributed by atoms with Gasteiger partial charge in [0.05, 0.1) is 10.9 Å². The van der Waals surface area contributed by atoms with E-state index in [4.69, 9.17) is 27.9 Å². The first-order valence-corrected chi connectivity index (χ1v) is 13.2. The van der Waals surface area contributed by atoms with Crippen LogP contribution in [-0.2, 0) is 16.3 Å². The lowest BCUT2D eigenvalue weighted by Crippen LogP contribution is -2.40. The summed E-state index contributed by atoms with van der Waals surface area (Å²) in [6.45, 7) is 4.41. The molecule has 0 N–H and O–H groups in total. The number of benzene rings is 2. The molecule has 8 heteroatoms. The van der Waals surface area contributed by atoms with E-state index in [2.05, 4.69) is 16.8 Å². The fraction of sp³-hybridized carbons (Fsp3) is 0.478. The second-order valence-corrected chi connectivity index (χ2v) is 12.1. The molecule has 2 heterocycles. The number of halogens is 2. The van der Waals surface area contributed by atoms with Crippen LogP contribution >= 0.6 is 23.2 Å². The Morgan fingerprint density at radius 3 is 2.26 bits per heavy atom. The van der Waals surface area contributed by atoms with Gasteiger partial charge in [-0.1, -0.05) is 23.2 Å². The van der Waals surface area contributed by atoms with Crippen molar-refractivity contribution in [3.63, 3.8) is 0 Å². The van der Waals surface area contributed by atoms with E-state index in [9.17, 15) is 8.42 Å². The van der Waals surface area contributed by atoms with Gasteiger partial charge < -0.3 is 9.64 Å². The van der Waals surface area contributed by atoms with Gasteiger partial charge in [-0.05, 0) is 67.3 Å². The van der Waals surface area contributed by atoms with Crippen molar-refractivity contribution in [1.29, 1.82) is 0 Å². The van der Waals surface area contributed by atoms with Gasteiger partial charge in [0.1, 0.15) is 11.9 Å². The van der Waals surface area contributed by atoms with E-state index in [1.165, 1.54) is 6.26 Å². The average Bonchev–Trinajstić information content (AvgIpc) is 3.33. The molecule has 1 aliphatic carbocycles. The number of ether oxygens (including phenoxy) is 1. The maximum absolute atomic E-state index is 11.8. The van der Waals surface area contributed by atoms with E-state index in [0.717, 1.165) is 43.7 Å². The number of likely N-dealkylation sites (tertiary alicyclic amines) is 2. The molecular formula is C23H26Cl2N2O3S. The molecule has 166 valence electrons. The highest BCUT2D eigenvalue weighted by Crippen LogP contribution is 2.45. The Morgan fingerprint density at radius 2 is 1.65 bits per heavy atom. The molecule has 5 rings (SSSR count). The van der Waals surface area contributed by atoms with Gasteiger partial charge in [-0.25, -0.2) is 8.42 Å². The Kier molecular flexibility index (Phi) is 5.50. The Bertz CT molecular complexity index is 1090. The van der Waals surface area contributed by atoms with Crippen LogP contribution in [0.2, 0.25) is 10.0 Å². The number of fused-ring (bicyclic) bond motifs is 2. The predicted molar refractivity (Wildman–Crippen MR) is 123 cm³/mol. The van der Waals surface area contributed by atoms with E-state index in [1.54, 1.807) is 30.3 Å². The first kappa shape index (κ1) is 21.5. The zero-order valence-electron chi connectivity index (χ0n) is 17.6. The van der Waals surface area contributed by atoms with Gasteiger partial charge in [0.2, 0.25) is 0 Å². The molecule has 0 amide bonds. The molecule has 2 unspecified atom stereocenters. The highest BCUT2D eigenvalue weighted by atomic mass is 35.5. The summed E-state index contributed by atoms with van der Waals surface area (Å²) in [6.07, 6.45) is 1.83. The van der Waals surface area contributed by atoms with Gasteiger partial charge in [0.15, 0.2) is 9.84 Å². The topological polar surface area (TPSA) is 49.9 Å². The standard InChI is InChI=1S/C23H26Cl2N2O3S/c1-26-10-14-12-27(13-15(14)11-26)22-9-19-20(7-16(24)8-21(19)25)23(22)30-17-3-5-18(6-4-17)31(2,28)29/h3-8,14-15,22-23H,9-13H2,1-2H3/t14?,15?,22-,23-/m0/s1. The minimum absolute atomic E-state index is 0.177. The first-order valence-electron chi connectivity index (χ1n) is 10.6. The fourth-order valence-corrected chi connectivity index (χ4v) is 6.74. The highest BCUT2D eigenvalue weighted by molar-refractivity contribution is 7.90. The van der Waals surface area contributed by atoms with Crippen LogP contribution in [0, 0.1) is 11.8 Å². The summed E-state index contributed by atoms with van der Waals surface area (Å²) in [5.41, 5.74) is 2.13. The molecule has 0 saturated carbocycles. The molecule has 0 spiro atoms. The summed E-state index contributed by atoms with van der Waals surface area (Å²) in [6, 6.07) is 10.6. The van der Waals surface area contributed by atoms with Crippen LogP contribution in [0.4, 0.5) is 0 Å². The summed E-state index contributed by atoms with van der Waals surface area (Å²) in [7, 11) is -1.05. The van der Waals surface area contributed by atoms with Crippen molar-refractivity contribution in [3.05, 3.63) is 57.6 Å². The lowest BCUT2D eigenvalue weighted by atomic mass is 10.0. The average molecular weight is 481 g/mol. The smallest absolute Gasteiger partial charge is 0.175 e. The van der Waals surface area contributed by atoms with E-state index in [0.29, 0.717) is 27.6 Å². The lowest BCUT2D eigenvalue weighted by molar-refractivity contribution is 0.0863. The fourth-order valence-electron chi connectivity index (χ4n) is 5.53.